The SMILES string of the molecule is CCCCCCCC(=O)CC[C@@H]1[C@@H](C/C=C\CCCC(=O)OCCCCCCO[N+](=O)[O-])[C@@H](O)C[C@H]1O. The number of unbranched alkanes of at least 4 members (excludes halogenated alkanes) is 8. The summed E-state index contributed by atoms with van der Waals surface area (Å²) in [5.74, 6) is -0.0676. The molecule has 0 unspecified atom stereocenters. The number of ether oxygens (including phenoxy) is 1. The molecule has 1 saturated carbocycles. The summed E-state index contributed by atoms with van der Waals surface area (Å²) < 4.78 is 5.21. The van der Waals surface area contributed by atoms with Crippen LogP contribution in [0.15, 0.2) is 12.2 Å². The van der Waals surface area contributed by atoms with Crippen LogP contribution in [0.1, 0.15) is 116 Å². The molecule has 0 radical (unpaired) electrons. The van der Waals surface area contributed by atoms with Crippen molar-refractivity contribution in [2.24, 2.45) is 11.8 Å². The van der Waals surface area contributed by atoms with Gasteiger partial charge in [-0.3, -0.25) is 9.59 Å². The molecule has 1 aliphatic carbocycles. The highest BCUT2D eigenvalue weighted by molar-refractivity contribution is 5.78. The van der Waals surface area contributed by atoms with Crippen LogP contribution in [0.2, 0.25) is 0 Å². The summed E-state index contributed by atoms with van der Waals surface area (Å²) in [5, 5.41) is 30.1. The summed E-state index contributed by atoms with van der Waals surface area (Å²) in [6, 6.07) is 0. The molecule has 1 aliphatic rings. The predicted molar refractivity (Wildman–Crippen MR) is 141 cm³/mol. The van der Waals surface area contributed by atoms with Gasteiger partial charge in [-0.15, -0.1) is 10.1 Å². The van der Waals surface area contributed by atoms with E-state index in [0.717, 1.165) is 38.5 Å². The maximum atomic E-state index is 12.3. The first-order valence-electron chi connectivity index (χ1n) is 14.3. The van der Waals surface area contributed by atoms with E-state index < -0.39 is 17.3 Å². The number of hydrogen-bond acceptors (Lipinski definition) is 8. The van der Waals surface area contributed by atoms with Gasteiger partial charge in [0, 0.05) is 19.3 Å². The third kappa shape index (κ3) is 16.5. The largest absolute Gasteiger partial charge is 0.466 e. The maximum absolute atomic E-state index is 12.3. The van der Waals surface area contributed by atoms with Crippen molar-refractivity contribution in [3.05, 3.63) is 22.3 Å². The number of rotatable bonds is 23. The zero-order valence-corrected chi connectivity index (χ0v) is 22.7. The molecule has 0 saturated heterocycles. The average molecular weight is 528 g/mol. The van der Waals surface area contributed by atoms with Crippen molar-refractivity contribution in [3.63, 3.8) is 0 Å². The fourth-order valence-corrected chi connectivity index (χ4v) is 4.97. The Kier molecular flexibility index (Phi) is 18.7. The number of carbonyl (C=O) groups is 2. The van der Waals surface area contributed by atoms with Gasteiger partial charge in [-0.2, -0.15) is 0 Å². The van der Waals surface area contributed by atoms with E-state index in [1.54, 1.807) is 0 Å². The molecule has 37 heavy (non-hydrogen) atoms. The van der Waals surface area contributed by atoms with Gasteiger partial charge in [-0.05, 0) is 69.6 Å². The van der Waals surface area contributed by atoms with Crippen molar-refractivity contribution in [1.82, 2.24) is 0 Å². The van der Waals surface area contributed by atoms with Gasteiger partial charge in [0.1, 0.15) is 5.78 Å². The zero-order valence-electron chi connectivity index (χ0n) is 22.7. The second-order valence-electron chi connectivity index (χ2n) is 10.2. The monoisotopic (exact) mass is 527 g/mol. The molecule has 9 heteroatoms. The first-order valence-corrected chi connectivity index (χ1v) is 14.3. The quantitative estimate of drug-likeness (QED) is 0.0586. The van der Waals surface area contributed by atoms with Crippen molar-refractivity contribution in [2.75, 3.05) is 13.2 Å². The van der Waals surface area contributed by atoms with Gasteiger partial charge in [0.05, 0.1) is 25.4 Å². The van der Waals surface area contributed by atoms with Crippen LogP contribution < -0.4 is 0 Å². The Morgan fingerprint density at radius 2 is 1.54 bits per heavy atom. The molecule has 0 aromatic carbocycles. The molecular formula is C28H49NO8. The molecule has 9 nitrogen and oxygen atoms in total. The molecule has 0 spiro atoms. The third-order valence-electron chi connectivity index (χ3n) is 7.16. The summed E-state index contributed by atoms with van der Waals surface area (Å²) in [6.07, 6.45) is 16.0. The Balaban J connectivity index is 2.15. The van der Waals surface area contributed by atoms with Crippen LogP contribution in [0, 0.1) is 22.0 Å². The summed E-state index contributed by atoms with van der Waals surface area (Å²) >= 11 is 0. The fourth-order valence-electron chi connectivity index (χ4n) is 4.97. The minimum absolute atomic E-state index is 0.0420. The molecule has 4 atom stereocenters. The number of hydrogen-bond donors (Lipinski definition) is 2. The highest BCUT2D eigenvalue weighted by Gasteiger charge is 2.40. The second kappa shape index (κ2) is 21.0. The van der Waals surface area contributed by atoms with Gasteiger partial charge in [0.25, 0.3) is 5.09 Å². The molecule has 0 aromatic rings. The first-order chi connectivity index (χ1) is 17.8. The highest BCUT2D eigenvalue weighted by Crippen LogP contribution is 2.38. The number of Topliss-reactive ketones (excluding diaryl/α,β-unsaturated/α-hetero) is 1. The molecular weight excluding hydrogens is 478 g/mol. The van der Waals surface area contributed by atoms with Gasteiger partial charge in [-0.25, -0.2) is 0 Å². The third-order valence-corrected chi connectivity index (χ3v) is 7.16. The van der Waals surface area contributed by atoms with E-state index in [0.29, 0.717) is 58.0 Å². The summed E-state index contributed by atoms with van der Waals surface area (Å²) in [5.41, 5.74) is 0. The van der Waals surface area contributed by atoms with Crippen molar-refractivity contribution < 1.29 is 34.5 Å². The number of allylic oxidation sites excluding steroid dienone is 2. The van der Waals surface area contributed by atoms with Gasteiger partial charge in [0.2, 0.25) is 0 Å². The lowest BCUT2D eigenvalue weighted by atomic mass is 9.86. The minimum Gasteiger partial charge on any atom is -0.466 e. The topological polar surface area (TPSA) is 136 Å². The Morgan fingerprint density at radius 1 is 0.865 bits per heavy atom. The minimum atomic E-state index is -0.794. The van der Waals surface area contributed by atoms with Gasteiger partial charge < -0.3 is 19.8 Å². The molecule has 0 bridgehead atoms. The van der Waals surface area contributed by atoms with Crippen molar-refractivity contribution in [3.8, 4) is 0 Å². The van der Waals surface area contributed by atoms with Crippen LogP contribution in [-0.2, 0) is 19.2 Å². The fraction of sp³-hybridized carbons (Fsp3) is 0.857. The van der Waals surface area contributed by atoms with E-state index in [2.05, 4.69) is 11.8 Å². The average Bonchev–Trinajstić information content (AvgIpc) is 3.12. The van der Waals surface area contributed by atoms with E-state index in [1.807, 2.05) is 12.2 Å². The molecule has 2 N–H and O–H groups in total. The standard InChI is InChI=1S/C28H49NO8/c1-2-3-4-5-10-15-23(30)18-19-25-24(26(31)22-27(25)32)16-11-6-7-12-17-28(33)36-20-13-8-9-14-21-37-29(34)35/h6,11,24-27,31-32H,2-5,7-10,12-22H2,1H3/b11-6-/t24-,25-,26+,27-/m1/s1. The van der Waals surface area contributed by atoms with E-state index in [-0.39, 0.29) is 30.2 Å². The Bertz CT molecular complexity index is 669. The summed E-state index contributed by atoms with van der Waals surface area (Å²) in [6.45, 7) is 2.63. The van der Waals surface area contributed by atoms with Crippen LogP contribution in [0.4, 0.5) is 0 Å². The maximum Gasteiger partial charge on any atom is 0.305 e. The molecule has 214 valence electrons. The van der Waals surface area contributed by atoms with E-state index in [4.69, 9.17) is 4.74 Å². The Labute approximate surface area is 222 Å². The van der Waals surface area contributed by atoms with E-state index in [9.17, 15) is 29.9 Å². The van der Waals surface area contributed by atoms with Gasteiger partial charge in [-0.1, -0.05) is 51.2 Å². The molecule has 0 aromatic heterocycles. The summed E-state index contributed by atoms with van der Waals surface area (Å²) in [4.78, 5) is 38.4. The molecule has 1 rings (SSSR count). The number of nitrogens with zero attached hydrogens (tertiary/aromatic N) is 1. The van der Waals surface area contributed by atoms with E-state index in [1.165, 1.54) is 19.3 Å². The Hall–Kier alpha value is -2.00. The van der Waals surface area contributed by atoms with Crippen LogP contribution >= 0.6 is 0 Å². The highest BCUT2D eigenvalue weighted by atomic mass is 16.9. The second-order valence-corrected chi connectivity index (χ2v) is 10.2. The number of ketones is 1. The first kappa shape index (κ1) is 33.0. The number of aliphatic hydroxyl groups is 2. The van der Waals surface area contributed by atoms with Gasteiger partial charge in [0.15, 0.2) is 0 Å². The number of aliphatic hydroxyl groups excluding tert-OH is 2. The molecule has 0 heterocycles. The van der Waals surface area contributed by atoms with Crippen molar-refractivity contribution in [1.29, 1.82) is 0 Å². The number of carbonyl (C=O) groups excluding carboxylic acids is 2. The normalized spacial score (nSPS) is 21.4. The van der Waals surface area contributed by atoms with Crippen LogP contribution in [0.3, 0.4) is 0 Å². The zero-order chi connectivity index (χ0) is 27.3. The lowest BCUT2D eigenvalue weighted by Crippen LogP contribution is -2.22. The van der Waals surface area contributed by atoms with Crippen LogP contribution in [-0.4, -0.2) is 52.5 Å². The lowest BCUT2D eigenvalue weighted by molar-refractivity contribution is -0.757. The molecule has 0 amide bonds. The van der Waals surface area contributed by atoms with Crippen LogP contribution in [0.5, 0.6) is 0 Å². The summed E-state index contributed by atoms with van der Waals surface area (Å²) in [7, 11) is 0. The smallest absolute Gasteiger partial charge is 0.305 e. The van der Waals surface area contributed by atoms with Crippen molar-refractivity contribution >= 4 is 11.8 Å². The van der Waals surface area contributed by atoms with Crippen molar-refractivity contribution in [2.45, 2.75) is 128 Å². The lowest BCUT2D eigenvalue weighted by Gasteiger charge is -2.22. The Morgan fingerprint density at radius 3 is 2.27 bits per heavy atom. The molecule has 1 fully saturated rings. The molecule has 0 aliphatic heterocycles. The van der Waals surface area contributed by atoms with E-state index >= 15 is 0 Å². The predicted octanol–water partition coefficient (Wildman–Crippen LogP) is 5.48. The van der Waals surface area contributed by atoms with Crippen LogP contribution in [0.25, 0.3) is 0 Å². The van der Waals surface area contributed by atoms with Gasteiger partial charge >= 0.3 is 5.97 Å². The number of esters is 1.